The van der Waals surface area contributed by atoms with Crippen LogP contribution >= 0.6 is 23.1 Å². The zero-order chi connectivity index (χ0) is 15.4. The number of hydrogen-bond donors (Lipinski definition) is 2. The lowest BCUT2D eigenvalue weighted by molar-refractivity contribution is -0.120. The average molecular weight is 333 g/mol. The van der Waals surface area contributed by atoms with Gasteiger partial charge in [-0.05, 0) is 44.3 Å². The van der Waals surface area contributed by atoms with Crippen molar-refractivity contribution in [1.82, 2.24) is 10.3 Å². The van der Waals surface area contributed by atoms with E-state index in [-0.39, 0.29) is 11.8 Å². The van der Waals surface area contributed by atoms with Gasteiger partial charge in [-0.15, -0.1) is 23.1 Å². The van der Waals surface area contributed by atoms with Gasteiger partial charge in [0, 0.05) is 21.8 Å². The number of aromatic nitrogens is 1. The Hall–Kier alpha value is -1.37. The molecule has 1 aromatic carbocycles. The van der Waals surface area contributed by atoms with Gasteiger partial charge in [0.05, 0.1) is 5.69 Å². The molecule has 1 fully saturated rings. The molecule has 1 aromatic heterocycles. The third-order valence-electron chi connectivity index (χ3n) is 3.83. The molecular formula is C16H19N3OS2. The van der Waals surface area contributed by atoms with Gasteiger partial charge < -0.3 is 10.6 Å². The number of amides is 1. The number of anilines is 1. The largest absolute Gasteiger partial charge is 0.317 e. The van der Waals surface area contributed by atoms with Crippen molar-refractivity contribution < 1.29 is 4.79 Å². The van der Waals surface area contributed by atoms with Gasteiger partial charge in [-0.2, -0.15) is 0 Å². The number of piperidine rings is 1. The molecule has 0 aliphatic carbocycles. The number of benzene rings is 1. The summed E-state index contributed by atoms with van der Waals surface area (Å²) < 4.78 is 0. The number of hydrogen-bond acceptors (Lipinski definition) is 5. The quantitative estimate of drug-likeness (QED) is 0.841. The maximum absolute atomic E-state index is 12.2. The molecule has 116 valence electrons. The Labute approximate surface area is 138 Å². The van der Waals surface area contributed by atoms with Gasteiger partial charge in [-0.25, -0.2) is 4.98 Å². The Morgan fingerprint density at radius 1 is 1.32 bits per heavy atom. The standard InChI is InChI=1S/C16H19N3OS2/c1-21-13-4-2-11(3-5-13)14-10-22-16(18-14)19-15(20)12-6-8-17-9-7-12/h2-5,10,12,17H,6-9H2,1H3,(H,18,19,20). The summed E-state index contributed by atoms with van der Waals surface area (Å²) >= 11 is 3.20. The summed E-state index contributed by atoms with van der Waals surface area (Å²) in [5, 5.41) is 8.91. The maximum atomic E-state index is 12.2. The van der Waals surface area contributed by atoms with Crippen molar-refractivity contribution in [1.29, 1.82) is 0 Å². The van der Waals surface area contributed by atoms with Crippen LogP contribution < -0.4 is 10.6 Å². The van der Waals surface area contributed by atoms with Crippen LogP contribution in [0.15, 0.2) is 34.5 Å². The topological polar surface area (TPSA) is 54.0 Å². The summed E-state index contributed by atoms with van der Waals surface area (Å²) in [7, 11) is 0. The van der Waals surface area contributed by atoms with E-state index in [0.29, 0.717) is 5.13 Å². The smallest absolute Gasteiger partial charge is 0.229 e. The Kier molecular flexibility index (Phi) is 5.12. The van der Waals surface area contributed by atoms with Crippen molar-refractivity contribution in [3.05, 3.63) is 29.6 Å². The van der Waals surface area contributed by atoms with Crippen LogP contribution in [0.5, 0.6) is 0 Å². The molecule has 2 N–H and O–H groups in total. The second-order valence-corrected chi connectivity index (χ2v) is 7.02. The van der Waals surface area contributed by atoms with Gasteiger partial charge in [0.1, 0.15) is 0 Å². The van der Waals surface area contributed by atoms with E-state index in [9.17, 15) is 4.79 Å². The minimum absolute atomic E-state index is 0.0973. The van der Waals surface area contributed by atoms with E-state index in [0.717, 1.165) is 37.2 Å². The first kappa shape index (κ1) is 15.5. The third-order valence-corrected chi connectivity index (χ3v) is 5.33. The number of thioether (sulfide) groups is 1. The molecule has 0 bridgehead atoms. The SMILES string of the molecule is CSc1ccc(-c2csc(NC(=O)C3CCNCC3)n2)cc1. The minimum atomic E-state index is 0.0973. The second-order valence-electron chi connectivity index (χ2n) is 5.28. The maximum Gasteiger partial charge on any atom is 0.229 e. The number of thiazole rings is 1. The van der Waals surface area contributed by atoms with Crippen LogP contribution in [0.3, 0.4) is 0 Å². The molecular weight excluding hydrogens is 314 g/mol. The molecule has 0 unspecified atom stereocenters. The van der Waals surface area contributed by atoms with E-state index in [1.165, 1.54) is 16.2 Å². The first-order chi connectivity index (χ1) is 10.8. The number of carbonyl (C=O) groups is 1. The lowest BCUT2D eigenvalue weighted by Gasteiger charge is -2.20. The van der Waals surface area contributed by atoms with Crippen LogP contribution in [0.4, 0.5) is 5.13 Å². The Morgan fingerprint density at radius 3 is 2.73 bits per heavy atom. The van der Waals surface area contributed by atoms with Crippen LogP contribution in [0, 0.1) is 5.92 Å². The highest BCUT2D eigenvalue weighted by Crippen LogP contribution is 2.27. The summed E-state index contributed by atoms with van der Waals surface area (Å²) in [5.41, 5.74) is 2.00. The molecule has 6 heteroatoms. The fourth-order valence-electron chi connectivity index (χ4n) is 2.52. The molecule has 0 atom stereocenters. The van der Waals surface area contributed by atoms with E-state index >= 15 is 0 Å². The molecule has 0 saturated carbocycles. The lowest BCUT2D eigenvalue weighted by atomic mass is 9.97. The molecule has 2 aromatic rings. The number of nitrogens with zero attached hydrogens (tertiary/aromatic N) is 1. The van der Waals surface area contributed by atoms with Crippen molar-refractivity contribution in [2.45, 2.75) is 17.7 Å². The van der Waals surface area contributed by atoms with E-state index in [2.05, 4.69) is 46.1 Å². The van der Waals surface area contributed by atoms with Crippen LogP contribution in [-0.2, 0) is 4.79 Å². The molecule has 2 heterocycles. The van der Waals surface area contributed by atoms with Gasteiger partial charge in [-0.3, -0.25) is 4.79 Å². The predicted molar refractivity (Wildman–Crippen MR) is 93.6 cm³/mol. The number of carbonyl (C=O) groups excluding carboxylic acids is 1. The van der Waals surface area contributed by atoms with E-state index in [4.69, 9.17) is 0 Å². The zero-order valence-electron chi connectivity index (χ0n) is 12.5. The van der Waals surface area contributed by atoms with Crippen molar-refractivity contribution in [2.24, 2.45) is 5.92 Å². The monoisotopic (exact) mass is 333 g/mol. The highest BCUT2D eigenvalue weighted by Gasteiger charge is 2.21. The summed E-state index contributed by atoms with van der Waals surface area (Å²) in [4.78, 5) is 18.0. The molecule has 0 spiro atoms. The van der Waals surface area contributed by atoms with Crippen LogP contribution in [0.2, 0.25) is 0 Å². The van der Waals surface area contributed by atoms with E-state index in [1.54, 1.807) is 11.8 Å². The minimum Gasteiger partial charge on any atom is -0.317 e. The summed E-state index contributed by atoms with van der Waals surface area (Å²) in [5.74, 6) is 0.203. The van der Waals surface area contributed by atoms with Crippen LogP contribution in [0.25, 0.3) is 11.3 Å². The fourth-order valence-corrected chi connectivity index (χ4v) is 3.65. The zero-order valence-corrected chi connectivity index (χ0v) is 14.1. The van der Waals surface area contributed by atoms with Crippen molar-refractivity contribution in [3.8, 4) is 11.3 Å². The van der Waals surface area contributed by atoms with Gasteiger partial charge in [0.15, 0.2) is 5.13 Å². The van der Waals surface area contributed by atoms with Crippen molar-refractivity contribution >= 4 is 34.1 Å². The van der Waals surface area contributed by atoms with E-state index in [1.807, 2.05) is 5.38 Å². The predicted octanol–water partition coefficient (Wildman–Crippen LogP) is 3.47. The first-order valence-electron chi connectivity index (χ1n) is 7.38. The molecule has 1 aliphatic rings. The molecule has 22 heavy (non-hydrogen) atoms. The van der Waals surface area contributed by atoms with Gasteiger partial charge in [-0.1, -0.05) is 12.1 Å². The average Bonchev–Trinajstić information content (AvgIpc) is 3.04. The highest BCUT2D eigenvalue weighted by atomic mass is 32.2. The highest BCUT2D eigenvalue weighted by molar-refractivity contribution is 7.98. The van der Waals surface area contributed by atoms with Gasteiger partial charge >= 0.3 is 0 Å². The van der Waals surface area contributed by atoms with Gasteiger partial charge in [0.2, 0.25) is 5.91 Å². The summed E-state index contributed by atoms with van der Waals surface area (Å²) in [6, 6.07) is 8.32. The van der Waals surface area contributed by atoms with Crippen LogP contribution in [-0.4, -0.2) is 30.2 Å². The van der Waals surface area contributed by atoms with Crippen molar-refractivity contribution in [2.75, 3.05) is 24.7 Å². The first-order valence-corrected chi connectivity index (χ1v) is 9.48. The molecule has 1 amide bonds. The molecule has 0 radical (unpaired) electrons. The fraction of sp³-hybridized carbons (Fsp3) is 0.375. The van der Waals surface area contributed by atoms with Gasteiger partial charge in [0.25, 0.3) is 0 Å². The Morgan fingerprint density at radius 2 is 2.05 bits per heavy atom. The molecule has 4 nitrogen and oxygen atoms in total. The summed E-state index contributed by atoms with van der Waals surface area (Å²) in [6.45, 7) is 1.84. The molecule has 3 rings (SSSR count). The Balaban J connectivity index is 1.66. The normalized spacial score (nSPS) is 15.7. The molecule has 1 saturated heterocycles. The number of rotatable bonds is 4. The lowest BCUT2D eigenvalue weighted by Crippen LogP contribution is -2.34. The number of nitrogens with one attached hydrogen (secondary N) is 2. The van der Waals surface area contributed by atoms with Crippen LogP contribution in [0.1, 0.15) is 12.8 Å². The Bertz CT molecular complexity index is 633. The summed E-state index contributed by atoms with van der Waals surface area (Å²) in [6.07, 6.45) is 3.87. The second kappa shape index (κ2) is 7.26. The third kappa shape index (κ3) is 3.69. The molecule has 1 aliphatic heterocycles. The van der Waals surface area contributed by atoms with E-state index < -0.39 is 0 Å². The van der Waals surface area contributed by atoms with Crippen molar-refractivity contribution in [3.63, 3.8) is 0 Å².